The van der Waals surface area contributed by atoms with Crippen LogP contribution in [0.5, 0.6) is 5.75 Å². The molecule has 0 radical (unpaired) electrons. The summed E-state index contributed by atoms with van der Waals surface area (Å²) in [5, 5.41) is 0.648. The highest BCUT2D eigenvalue weighted by molar-refractivity contribution is 7.87. The van der Waals surface area contributed by atoms with Crippen molar-refractivity contribution in [1.82, 2.24) is 4.57 Å². The van der Waals surface area contributed by atoms with E-state index in [1.807, 2.05) is 54.0 Å². The van der Waals surface area contributed by atoms with E-state index in [4.69, 9.17) is 8.92 Å². The Morgan fingerprint density at radius 3 is 2.44 bits per heavy atom. The van der Waals surface area contributed by atoms with Gasteiger partial charge in [-0.2, -0.15) is 8.42 Å². The Labute approximate surface area is 147 Å². The number of rotatable bonds is 7. The van der Waals surface area contributed by atoms with Gasteiger partial charge in [-0.1, -0.05) is 31.5 Å². The first-order valence-corrected chi connectivity index (χ1v) is 9.61. The molecule has 25 heavy (non-hydrogen) atoms. The number of hydrogen-bond donors (Lipinski definition) is 0. The highest BCUT2D eigenvalue weighted by Gasteiger charge is 2.22. The lowest BCUT2D eigenvalue weighted by Gasteiger charge is -2.06. The fraction of sp³-hybridized carbons (Fsp3) is 0.263. The maximum atomic E-state index is 12.6. The molecule has 132 valence electrons. The molecule has 2 aromatic carbocycles. The van der Waals surface area contributed by atoms with Crippen molar-refractivity contribution >= 4 is 21.0 Å². The molecule has 0 aliphatic rings. The first-order valence-electron chi connectivity index (χ1n) is 8.21. The molecule has 0 atom stereocenters. The predicted molar refractivity (Wildman–Crippen MR) is 97.9 cm³/mol. The molecule has 1 aromatic heterocycles. The van der Waals surface area contributed by atoms with E-state index in [2.05, 4.69) is 0 Å². The Morgan fingerprint density at radius 2 is 1.76 bits per heavy atom. The summed E-state index contributed by atoms with van der Waals surface area (Å²) in [7, 11) is -2.20. The first-order chi connectivity index (χ1) is 12.1. The predicted octanol–water partition coefficient (Wildman–Crippen LogP) is 4.14. The molecule has 0 amide bonds. The van der Waals surface area contributed by atoms with Crippen molar-refractivity contribution in [2.45, 2.75) is 24.7 Å². The maximum Gasteiger partial charge on any atom is 0.299 e. The van der Waals surface area contributed by atoms with Crippen LogP contribution in [-0.2, 0) is 14.3 Å². The number of hydrogen-bond acceptors (Lipinski definition) is 4. The molecule has 0 bridgehead atoms. The topological polar surface area (TPSA) is 57.5 Å². The van der Waals surface area contributed by atoms with Gasteiger partial charge < -0.3 is 9.30 Å². The summed E-state index contributed by atoms with van der Waals surface area (Å²) < 4.78 is 37.4. The Morgan fingerprint density at radius 1 is 1.04 bits per heavy atom. The van der Waals surface area contributed by atoms with Gasteiger partial charge in [-0.05, 0) is 36.8 Å². The van der Waals surface area contributed by atoms with E-state index in [-0.39, 0.29) is 11.5 Å². The molecule has 0 N–H and O–H groups in total. The lowest BCUT2D eigenvalue weighted by molar-refractivity contribution is 0.311. The third-order valence-electron chi connectivity index (χ3n) is 4.03. The zero-order valence-corrected chi connectivity index (χ0v) is 15.1. The molecule has 0 spiro atoms. The summed E-state index contributed by atoms with van der Waals surface area (Å²) in [6, 6.07) is 14.9. The Kier molecular flexibility index (Phi) is 5.11. The molecule has 0 unspecified atom stereocenters. The molecule has 0 fully saturated rings. The third kappa shape index (κ3) is 3.55. The van der Waals surface area contributed by atoms with Crippen LogP contribution in [0.15, 0.2) is 59.6 Å². The summed E-state index contributed by atoms with van der Waals surface area (Å²) >= 11 is 0. The van der Waals surface area contributed by atoms with Crippen molar-refractivity contribution < 1.29 is 17.3 Å². The fourth-order valence-electron chi connectivity index (χ4n) is 2.68. The van der Waals surface area contributed by atoms with Crippen LogP contribution in [0, 0.1) is 0 Å². The zero-order valence-electron chi connectivity index (χ0n) is 14.3. The van der Waals surface area contributed by atoms with E-state index in [1.165, 1.54) is 0 Å². The third-order valence-corrected chi connectivity index (χ3v) is 5.37. The van der Waals surface area contributed by atoms with Gasteiger partial charge in [-0.25, -0.2) is 0 Å². The number of ether oxygens (including phenoxy) is 1. The second kappa shape index (κ2) is 7.29. The molecule has 5 nitrogen and oxygen atoms in total. The number of benzene rings is 2. The number of methoxy groups -OCH3 is 1. The number of fused-ring (bicyclic) bond motifs is 1. The van der Waals surface area contributed by atoms with E-state index in [1.54, 1.807) is 19.4 Å². The first kappa shape index (κ1) is 17.5. The van der Waals surface area contributed by atoms with Crippen molar-refractivity contribution in [3.63, 3.8) is 0 Å². The quantitative estimate of drug-likeness (QED) is 0.470. The van der Waals surface area contributed by atoms with E-state index in [0.717, 1.165) is 23.4 Å². The van der Waals surface area contributed by atoms with Gasteiger partial charge in [-0.15, -0.1) is 0 Å². The van der Waals surface area contributed by atoms with Crippen molar-refractivity contribution in [2.24, 2.45) is 0 Å². The zero-order chi connectivity index (χ0) is 17.9. The molecular weight excluding hydrogens is 338 g/mol. The Hall–Kier alpha value is -2.31. The SMILES string of the molecule is CCCCOS(=O)(=O)c1cn(-c2ccc(OC)cc2)c2ccccc12. The average molecular weight is 359 g/mol. The summed E-state index contributed by atoms with van der Waals surface area (Å²) in [6.07, 6.45) is 3.20. The molecule has 0 saturated heterocycles. The molecule has 0 aliphatic heterocycles. The molecule has 1 heterocycles. The van der Waals surface area contributed by atoms with Crippen LogP contribution in [0.2, 0.25) is 0 Å². The lowest BCUT2D eigenvalue weighted by atomic mass is 10.2. The van der Waals surface area contributed by atoms with Crippen LogP contribution in [0.1, 0.15) is 19.8 Å². The van der Waals surface area contributed by atoms with Crippen molar-refractivity contribution in [3.8, 4) is 11.4 Å². The summed E-state index contributed by atoms with van der Waals surface area (Å²) in [6.45, 7) is 2.19. The van der Waals surface area contributed by atoms with Crippen LogP contribution < -0.4 is 4.74 Å². The Bertz CT molecular complexity index is 959. The minimum atomic E-state index is -3.80. The summed E-state index contributed by atoms with van der Waals surface area (Å²) in [4.78, 5) is 0.190. The highest BCUT2D eigenvalue weighted by Crippen LogP contribution is 2.30. The van der Waals surface area contributed by atoms with Crippen LogP contribution in [-0.4, -0.2) is 26.7 Å². The summed E-state index contributed by atoms with van der Waals surface area (Å²) in [5.74, 6) is 0.746. The van der Waals surface area contributed by atoms with Crippen molar-refractivity contribution in [2.75, 3.05) is 13.7 Å². The van der Waals surface area contributed by atoms with E-state index in [0.29, 0.717) is 11.8 Å². The van der Waals surface area contributed by atoms with Crippen LogP contribution in [0.4, 0.5) is 0 Å². The average Bonchev–Trinajstić information content (AvgIpc) is 3.02. The van der Waals surface area contributed by atoms with E-state index < -0.39 is 10.1 Å². The molecule has 3 aromatic rings. The monoisotopic (exact) mass is 359 g/mol. The van der Waals surface area contributed by atoms with Crippen molar-refractivity contribution in [1.29, 1.82) is 0 Å². The Balaban J connectivity index is 2.09. The molecule has 3 rings (SSSR count). The largest absolute Gasteiger partial charge is 0.497 e. The minimum Gasteiger partial charge on any atom is -0.497 e. The van der Waals surface area contributed by atoms with Crippen LogP contribution >= 0.6 is 0 Å². The maximum absolute atomic E-state index is 12.6. The van der Waals surface area contributed by atoms with Gasteiger partial charge in [0.1, 0.15) is 10.6 Å². The second-order valence-corrected chi connectivity index (χ2v) is 7.29. The van der Waals surface area contributed by atoms with E-state index >= 15 is 0 Å². The number of aromatic nitrogens is 1. The second-order valence-electron chi connectivity index (χ2n) is 5.71. The van der Waals surface area contributed by atoms with Gasteiger partial charge in [0, 0.05) is 17.3 Å². The number of para-hydroxylation sites is 1. The van der Waals surface area contributed by atoms with E-state index in [9.17, 15) is 8.42 Å². The summed E-state index contributed by atoms with van der Waals surface area (Å²) in [5.41, 5.74) is 1.66. The molecule has 0 aliphatic carbocycles. The fourth-order valence-corrected chi connectivity index (χ4v) is 3.82. The van der Waals surface area contributed by atoms with Gasteiger partial charge >= 0.3 is 0 Å². The highest BCUT2D eigenvalue weighted by atomic mass is 32.2. The number of unbranched alkanes of at least 4 members (excludes halogenated alkanes) is 1. The van der Waals surface area contributed by atoms with Crippen LogP contribution in [0.25, 0.3) is 16.6 Å². The van der Waals surface area contributed by atoms with Crippen LogP contribution in [0.3, 0.4) is 0 Å². The molecule has 0 saturated carbocycles. The van der Waals surface area contributed by atoms with Gasteiger partial charge in [-0.3, -0.25) is 4.18 Å². The minimum absolute atomic E-state index is 0.190. The van der Waals surface area contributed by atoms with Gasteiger partial charge in [0.2, 0.25) is 0 Å². The smallest absolute Gasteiger partial charge is 0.299 e. The van der Waals surface area contributed by atoms with Gasteiger partial charge in [0.05, 0.1) is 19.2 Å². The lowest BCUT2D eigenvalue weighted by Crippen LogP contribution is -2.07. The van der Waals surface area contributed by atoms with Gasteiger partial charge in [0.25, 0.3) is 10.1 Å². The van der Waals surface area contributed by atoms with Gasteiger partial charge in [0.15, 0.2) is 0 Å². The normalized spacial score (nSPS) is 11.8. The molecule has 6 heteroatoms. The van der Waals surface area contributed by atoms with Crippen molar-refractivity contribution in [3.05, 3.63) is 54.7 Å². The number of nitrogens with zero attached hydrogens (tertiary/aromatic N) is 1. The standard InChI is InChI=1S/C19H21NO4S/c1-3-4-13-24-25(21,22)19-14-20(18-8-6-5-7-17(18)19)15-9-11-16(23-2)12-10-15/h5-12,14H,3-4,13H2,1-2H3. The molecular formula is C19H21NO4S.